The number of hydrogen-bond donors (Lipinski definition) is 0. The van der Waals surface area contributed by atoms with Crippen molar-refractivity contribution in [1.29, 1.82) is 0 Å². The summed E-state index contributed by atoms with van der Waals surface area (Å²) in [6.45, 7) is 14.5. The van der Waals surface area contributed by atoms with Gasteiger partial charge in [0.2, 0.25) is 0 Å². The van der Waals surface area contributed by atoms with Gasteiger partial charge in [0.1, 0.15) is 12.4 Å². The molecule has 0 aromatic heterocycles. The van der Waals surface area contributed by atoms with Gasteiger partial charge in [0, 0.05) is 6.54 Å². The third-order valence-electron chi connectivity index (χ3n) is 2.03. The van der Waals surface area contributed by atoms with E-state index in [1.54, 1.807) is 0 Å². The first kappa shape index (κ1) is 9.90. The predicted molar refractivity (Wildman–Crippen MR) is 55.2 cm³/mol. The number of hydrogen-bond acceptors (Lipinski definition) is 2. The van der Waals surface area contributed by atoms with Gasteiger partial charge in [-0.3, -0.25) is 0 Å². The second-order valence-corrected chi connectivity index (χ2v) is 3.23. The lowest BCUT2D eigenvalue weighted by molar-refractivity contribution is 0.132. The molecule has 1 rings (SSSR count). The first-order valence-electron chi connectivity index (χ1n) is 4.59. The molecule has 1 aliphatic rings. The Kier molecular flexibility index (Phi) is 3.18. The summed E-state index contributed by atoms with van der Waals surface area (Å²) >= 11 is 0. The van der Waals surface area contributed by atoms with Gasteiger partial charge in [0.25, 0.3) is 0 Å². The van der Waals surface area contributed by atoms with Gasteiger partial charge in [-0.05, 0) is 19.9 Å². The minimum Gasteiger partial charge on any atom is -0.490 e. The molecule has 0 N–H and O–H groups in total. The molecular weight excluding hydrogens is 162 g/mol. The van der Waals surface area contributed by atoms with E-state index >= 15 is 0 Å². The second kappa shape index (κ2) is 4.17. The molecule has 0 aromatic rings. The van der Waals surface area contributed by atoms with Gasteiger partial charge in [-0.2, -0.15) is 0 Å². The molecule has 13 heavy (non-hydrogen) atoms. The van der Waals surface area contributed by atoms with Crippen LogP contribution in [0.25, 0.3) is 0 Å². The third kappa shape index (κ3) is 2.38. The molecule has 0 aliphatic carbocycles. The minimum absolute atomic E-state index is 0.736. The van der Waals surface area contributed by atoms with Crippen LogP contribution in [0.5, 0.6) is 0 Å². The normalized spacial score (nSPS) is 20.3. The lowest BCUT2D eigenvalue weighted by atomic mass is 10.2. The quantitative estimate of drug-likeness (QED) is 0.645. The Bertz CT molecular complexity index is 253. The molecule has 72 valence electrons. The Morgan fingerprint density at radius 1 is 1.69 bits per heavy atom. The van der Waals surface area contributed by atoms with Crippen molar-refractivity contribution in [3.63, 3.8) is 0 Å². The summed E-state index contributed by atoms with van der Waals surface area (Å²) in [6, 6.07) is 0. The van der Waals surface area contributed by atoms with Crippen LogP contribution in [0, 0.1) is 0 Å². The van der Waals surface area contributed by atoms with Crippen LogP contribution in [0.3, 0.4) is 0 Å². The van der Waals surface area contributed by atoms with Gasteiger partial charge in [0.15, 0.2) is 0 Å². The summed E-state index contributed by atoms with van der Waals surface area (Å²) in [6.07, 6.45) is 2.02. The smallest absolute Gasteiger partial charge is 0.135 e. The summed E-state index contributed by atoms with van der Waals surface area (Å²) in [5.41, 5.74) is 2.10. The molecule has 0 unspecified atom stereocenters. The van der Waals surface area contributed by atoms with E-state index in [2.05, 4.69) is 25.0 Å². The zero-order chi connectivity index (χ0) is 9.84. The van der Waals surface area contributed by atoms with E-state index in [1.807, 2.05) is 13.0 Å². The summed E-state index contributed by atoms with van der Waals surface area (Å²) in [5.74, 6) is 0.760. The number of ether oxygens (including phenoxy) is 1. The highest BCUT2D eigenvalue weighted by Crippen LogP contribution is 2.20. The first-order chi connectivity index (χ1) is 6.15. The maximum atomic E-state index is 5.38. The van der Waals surface area contributed by atoms with Crippen LogP contribution in [0.2, 0.25) is 0 Å². The minimum atomic E-state index is 0.736. The van der Waals surface area contributed by atoms with Crippen LogP contribution >= 0.6 is 0 Å². The van der Waals surface area contributed by atoms with Gasteiger partial charge in [0.05, 0.1) is 12.2 Å². The molecular formula is C11H17NO. The zero-order valence-corrected chi connectivity index (χ0v) is 8.47. The van der Waals surface area contributed by atoms with E-state index in [0.29, 0.717) is 0 Å². The van der Waals surface area contributed by atoms with E-state index in [9.17, 15) is 0 Å². The van der Waals surface area contributed by atoms with Crippen molar-refractivity contribution in [2.24, 2.45) is 0 Å². The topological polar surface area (TPSA) is 12.5 Å². The number of allylic oxidation sites excluding steroid dienone is 2. The number of rotatable bonds is 2. The van der Waals surface area contributed by atoms with E-state index in [1.165, 1.54) is 0 Å². The van der Waals surface area contributed by atoms with Crippen LogP contribution in [0.15, 0.2) is 36.3 Å². The highest BCUT2D eigenvalue weighted by atomic mass is 16.5. The van der Waals surface area contributed by atoms with Crippen molar-refractivity contribution < 1.29 is 4.74 Å². The van der Waals surface area contributed by atoms with Crippen molar-refractivity contribution in [3.05, 3.63) is 36.3 Å². The van der Waals surface area contributed by atoms with Gasteiger partial charge in [-0.25, -0.2) is 0 Å². The first-order valence-corrected chi connectivity index (χ1v) is 4.59. The van der Waals surface area contributed by atoms with Gasteiger partial charge >= 0.3 is 0 Å². The van der Waals surface area contributed by atoms with Crippen LogP contribution in [0.4, 0.5) is 0 Å². The van der Waals surface area contributed by atoms with E-state index in [0.717, 1.165) is 36.7 Å². The molecule has 0 amide bonds. The van der Waals surface area contributed by atoms with E-state index in [-0.39, 0.29) is 0 Å². The van der Waals surface area contributed by atoms with Crippen molar-refractivity contribution in [3.8, 4) is 0 Å². The van der Waals surface area contributed by atoms with Crippen molar-refractivity contribution in [2.75, 3.05) is 19.7 Å². The molecule has 1 heterocycles. The van der Waals surface area contributed by atoms with Gasteiger partial charge < -0.3 is 9.64 Å². The number of nitrogens with zero attached hydrogens (tertiary/aromatic N) is 1. The molecule has 1 fully saturated rings. The van der Waals surface area contributed by atoms with Crippen LogP contribution in [0.1, 0.15) is 13.8 Å². The Hall–Kier alpha value is -1.18. The molecule has 0 bridgehead atoms. The lowest BCUT2D eigenvalue weighted by Crippen LogP contribution is -2.32. The lowest BCUT2D eigenvalue weighted by Gasteiger charge is -2.32. The monoisotopic (exact) mass is 179 g/mol. The highest BCUT2D eigenvalue weighted by Gasteiger charge is 2.17. The molecule has 1 aliphatic heterocycles. The summed E-state index contributed by atoms with van der Waals surface area (Å²) < 4.78 is 5.38. The molecule has 1 saturated heterocycles. The van der Waals surface area contributed by atoms with Crippen LogP contribution < -0.4 is 0 Å². The SMILES string of the molecule is C=C(C)/C=C1\C(=C)OCCN1CC. The van der Waals surface area contributed by atoms with E-state index < -0.39 is 0 Å². The predicted octanol–water partition coefficient (Wildman–Crippen LogP) is 2.31. The Morgan fingerprint density at radius 2 is 2.38 bits per heavy atom. The highest BCUT2D eigenvalue weighted by molar-refractivity contribution is 5.30. The maximum absolute atomic E-state index is 5.38. The van der Waals surface area contributed by atoms with E-state index in [4.69, 9.17) is 4.74 Å². The fourth-order valence-electron chi connectivity index (χ4n) is 1.38. The largest absolute Gasteiger partial charge is 0.490 e. The molecule has 0 aromatic carbocycles. The van der Waals surface area contributed by atoms with Gasteiger partial charge in [-0.15, -0.1) is 0 Å². The van der Waals surface area contributed by atoms with Crippen LogP contribution in [-0.2, 0) is 4.74 Å². The Morgan fingerprint density at radius 3 is 2.92 bits per heavy atom. The summed E-state index contributed by atoms with van der Waals surface area (Å²) in [5, 5.41) is 0. The van der Waals surface area contributed by atoms with Crippen molar-refractivity contribution in [1.82, 2.24) is 4.90 Å². The Balaban J connectivity index is 2.85. The molecule has 0 spiro atoms. The molecule has 2 heteroatoms. The molecule has 0 radical (unpaired) electrons. The van der Waals surface area contributed by atoms with Crippen molar-refractivity contribution >= 4 is 0 Å². The molecule has 0 atom stereocenters. The molecule has 0 saturated carbocycles. The second-order valence-electron chi connectivity index (χ2n) is 3.23. The maximum Gasteiger partial charge on any atom is 0.135 e. The summed E-state index contributed by atoms with van der Waals surface area (Å²) in [4.78, 5) is 2.25. The fraction of sp³-hybridized carbons (Fsp3) is 0.455. The average Bonchev–Trinajstić information content (AvgIpc) is 2.08. The fourth-order valence-corrected chi connectivity index (χ4v) is 1.38. The average molecular weight is 179 g/mol. The Labute approximate surface area is 80.2 Å². The number of morpholine rings is 1. The third-order valence-corrected chi connectivity index (χ3v) is 2.03. The van der Waals surface area contributed by atoms with Crippen LogP contribution in [-0.4, -0.2) is 24.6 Å². The summed E-state index contributed by atoms with van der Waals surface area (Å²) in [7, 11) is 0. The van der Waals surface area contributed by atoms with Crippen molar-refractivity contribution in [2.45, 2.75) is 13.8 Å². The van der Waals surface area contributed by atoms with Gasteiger partial charge in [-0.1, -0.05) is 18.7 Å². The molecule has 2 nitrogen and oxygen atoms in total. The zero-order valence-electron chi connectivity index (χ0n) is 8.47. The standard InChI is InChI=1S/C11H17NO/c1-5-12-6-7-13-10(4)11(12)8-9(2)3/h8H,2,4-7H2,1,3H3/b11-8+. The number of likely N-dealkylation sites (N-methyl/N-ethyl adjacent to an activating group) is 1.